The summed E-state index contributed by atoms with van der Waals surface area (Å²) in [5.74, 6) is -0.366. The van der Waals surface area contributed by atoms with Gasteiger partial charge in [-0.05, 0) is 24.5 Å². The van der Waals surface area contributed by atoms with Crippen LogP contribution in [0, 0.1) is 12.3 Å². The fraction of sp³-hybridized carbons (Fsp3) is 0.640. The van der Waals surface area contributed by atoms with Gasteiger partial charge in [-0.2, -0.15) is 0 Å². The number of hydrogen-bond acceptors (Lipinski definition) is 5. The Kier molecular flexibility index (Phi) is 7.80. The molecule has 2 fully saturated rings. The molecule has 2 saturated heterocycles. The van der Waals surface area contributed by atoms with Crippen LogP contribution in [-0.4, -0.2) is 79.2 Å². The minimum atomic E-state index is -0.900. The number of likely N-dealkylation sites (tertiary alicyclic amines) is 1. The van der Waals surface area contributed by atoms with E-state index in [1.54, 1.807) is 18.1 Å². The predicted molar refractivity (Wildman–Crippen MR) is 125 cm³/mol. The van der Waals surface area contributed by atoms with Crippen molar-refractivity contribution in [2.75, 3.05) is 40.0 Å². The van der Waals surface area contributed by atoms with Crippen LogP contribution in [0.5, 0.6) is 0 Å². The lowest BCUT2D eigenvalue weighted by molar-refractivity contribution is -0.145. The average Bonchev–Trinajstić information content (AvgIpc) is 3.11. The van der Waals surface area contributed by atoms with Gasteiger partial charge in [-0.3, -0.25) is 19.3 Å². The number of benzene rings is 1. The fourth-order valence-electron chi connectivity index (χ4n) is 4.55. The molecule has 1 unspecified atom stereocenters. The van der Waals surface area contributed by atoms with Crippen LogP contribution in [0.25, 0.3) is 0 Å². The quantitative estimate of drug-likeness (QED) is 0.660. The fourth-order valence-corrected chi connectivity index (χ4v) is 4.55. The van der Waals surface area contributed by atoms with Crippen molar-refractivity contribution >= 4 is 17.7 Å². The lowest BCUT2D eigenvalue weighted by Gasteiger charge is -2.45. The van der Waals surface area contributed by atoms with E-state index < -0.39 is 11.8 Å². The van der Waals surface area contributed by atoms with Gasteiger partial charge in [-0.25, -0.2) is 0 Å². The molecule has 1 spiro atoms. The van der Waals surface area contributed by atoms with Gasteiger partial charge in [0.1, 0.15) is 11.8 Å². The standard InChI is InChI=1S/C25H37N3O5/c1-18-7-6-8-19(15-18)23(31)28-20(22(30)26-11-14-32-5)17-33-25(28)9-12-27(13-10-25)21(29)16-24(2,3)4/h6-8,15,20H,9-14,16-17H2,1-5H3,(H,26,30). The Hall–Kier alpha value is -2.45. The Morgan fingerprint density at radius 3 is 2.52 bits per heavy atom. The number of aryl methyl sites for hydroxylation is 1. The maximum Gasteiger partial charge on any atom is 0.256 e. The molecule has 0 bridgehead atoms. The van der Waals surface area contributed by atoms with Gasteiger partial charge in [-0.1, -0.05) is 38.5 Å². The first-order valence-corrected chi connectivity index (χ1v) is 11.6. The first kappa shape index (κ1) is 25.2. The Morgan fingerprint density at radius 1 is 1.21 bits per heavy atom. The van der Waals surface area contributed by atoms with E-state index >= 15 is 0 Å². The molecule has 8 nitrogen and oxygen atoms in total. The van der Waals surface area contributed by atoms with E-state index in [9.17, 15) is 14.4 Å². The number of piperidine rings is 1. The van der Waals surface area contributed by atoms with E-state index in [0.717, 1.165) is 5.56 Å². The van der Waals surface area contributed by atoms with Crippen molar-refractivity contribution in [2.45, 2.75) is 58.7 Å². The number of hydrogen-bond donors (Lipinski definition) is 1. The van der Waals surface area contributed by atoms with Gasteiger partial charge in [0.15, 0.2) is 0 Å². The normalized spacial score (nSPS) is 20.2. The zero-order valence-corrected chi connectivity index (χ0v) is 20.5. The first-order valence-electron chi connectivity index (χ1n) is 11.6. The van der Waals surface area contributed by atoms with Crippen LogP contribution in [0.2, 0.25) is 0 Å². The largest absolute Gasteiger partial charge is 0.383 e. The van der Waals surface area contributed by atoms with E-state index in [1.165, 1.54) is 0 Å². The maximum atomic E-state index is 13.7. The highest BCUT2D eigenvalue weighted by Crippen LogP contribution is 2.39. The number of nitrogens with zero attached hydrogens (tertiary/aromatic N) is 2. The highest BCUT2D eigenvalue weighted by atomic mass is 16.5. The van der Waals surface area contributed by atoms with Crippen molar-refractivity contribution in [1.82, 2.24) is 15.1 Å². The molecule has 0 aliphatic carbocycles. The molecule has 1 aromatic carbocycles. The zero-order valence-electron chi connectivity index (χ0n) is 20.5. The minimum absolute atomic E-state index is 0.0887. The topological polar surface area (TPSA) is 88.2 Å². The second kappa shape index (κ2) is 10.2. The highest BCUT2D eigenvalue weighted by Gasteiger charge is 2.54. The SMILES string of the molecule is COCCNC(=O)C1COC2(CCN(C(=O)CC(C)(C)C)CC2)N1C(=O)c1cccc(C)c1. The molecule has 0 aromatic heterocycles. The molecule has 1 atom stereocenters. The molecule has 1 N–H and O–H groups in total. The Labute approximate surface area is 196 Å². The zero-order chi connectivity index (χ0) is 24.2. The van der Waals surface area contributed by atoms with Gasteiger partial charge in [0.2, 0.25) is 11.8 Å². The van der Waals surface area contributed by atoms with Gasteiger partial charge >= 0.3 is 0 Å². The number of rotatable bonds is 6. The van der Waals surface area contributed by atoms with Gasteiger partial charge in [0, 0.05) is 51.6 Å². The summed E-state index contributed by atoms with van der Waals surface area (Å²) in [5.41, 5.74) is 0.511. The minimum Gasteiger partial charge on any atom is -0.383 e. The smallest absolute Gasteiger partial charge is 0.256 e. The van der Waals surface area contributed by atoms with Crippen molar-refractivity contribution in [3.63, 3.8) is 0 Å². The van der Waals surface area contributed by atoms with Crippen molar-refractivity contribution < 1.29 is 23.9 Å². The number of carbonyl (C=O) groups excluding carboxylic acids is 3. The molecule has 182 valence electrons. The lowest BCUT2D eigenvalue weighted by Crippen LogP contribution is -2.60. The second-order valence-corrected chi connectivity index (χ2v) is 10.2. The van der Waals surface area contributed by atoms with Crippen molar-refractivity contribution in [2.24, 2.45) is 5.41 Å². The summed E-state index contributed by atoms with van der Waals surface area (Å²) in [7, 11) is 1.57. The lowest BCUT2D eigenvalue weighted by atomic mass is 9.90. The second-order valence-electron chi connectivity index (χ2n) is 10.2. The third-order valence-electron chi connectivity index (χ3n) is 6.23. The third-order valence-corrected chi connectivity index (χ3v) is 6.23. The van der Waals surface area contributed by atoms with Crippen molar-refractivity contribution in [3.05, 3.63) is 35.4 Å². The van der Waals surface area contributed by atoms with Crippen molar-refractivity contribution in [3.8, 4) is 0 Å². The van der Waals surface area contributed by atoms with Gasteiger partial charge in [-0.15, -0.1) is 0 Å². The molecule has 33 heavy (non-hydrogen) atoms. The van der Waals surface area contributed by atoms with E-state index in [-0.39, 0.29) is 29.7 Å². The summed E-state index contributed by atoms with van der Waals surface area (Å²) >= 11 is 0. The first-order chi connectivity index (χ1) is 15.6. The van der Waals surface area contributed by atoms with Crippen LogP contribution in [0.3, 0.4) is 0 Å². The number of carbonyl (C=O) groups is 3. The molecule has 2 aliphatic rings. The van der Waals surface area contributed by atoms with Crippen LogP contribution in [0.1, 0.15) is 56.0 Å². The monoisotopic (exact) mass is 459 g/mol. The summed E-state index contributed by atoms with van der Waals surface area (Å²) in [6.45, 7) is 9.94. The van der Waals surface area contributed by atoms with Gasteiger partial charge in [0.05, 0.1) is 13.2 Å². The molecule has 3 rings (SSSR count). The molecule has 3 amide bonds. The molecular weight excluding hydrogens is 422 g/mol. The van der Waals surface area contributed by atoms with Crippen LogP contribution in [0.15, 0.2) is 24.3 Å². The summed E-state index contributed by atoms with van der Waals surface area (Å²) in [6.07, 6.45) is 1.42. The summed E-state index contributed by atoms with van der Waals surface area (Å²) < 4.78 is 11.2. The number of methoxy groups -OCH3 is 1. The van der Waals surface area contributed by atoms with Crippen LogP contribution < -0.4 is 5.32 Å². The summed E-state index contributed by atoms with van der Waals surface area (Å²) in [6, 6.07) is 6.64. The molecule has 2 heterocycles. The van der Waals surface area contributed by atoms with Gasteiger partial charge in [0.25, 0.3) is 5.91 Å². The number of amides is 3. The molecule has 8 heteroatoms. The Balaban J connectivity index is 1.82. The van der Waals surface area contributed by atoms with E-state index in [0.29, 0.717) is 51.1 Å². The van der Waals surface area contributed by atoms with E-state index in [2.05, 4.69) is 5.32 Å². The van der Waals surface area contributed by atoms with E-state index in [1.807, 2.05) is 50.8 Å². The van der Waals surface area contributed by atoms with Crippen molar-refractivity contribution in [1.29, 1.82) is 0 Å². The predicted octanol–water partition coefficient (Wildman–Crippen LogP) is 2.35. The molecular formula is C25H37N3O5. The molecule has 0 saturated carbocycles. The average molecular weight is 460 g/mol. The number of ether oxygens (including phenoxy) is 2. The van der Waals surface area contributed by atoms with Crippen LogP contribution in [0.4, 0.5) is 0 Å². The maximum absolute atomic E-state index is 13.7. The Morgan fingerprint density at radius 2 is 1.91 bits per heavy atom. The van der Waals surface area contributed by atoms with E-state index in [4.69, 9.17) is 9.47 Å². The van der Waals surface area contributed by atoms with Crippen LogP contribution >= 0.6 is 0 Å². The molecule has 1 aromatic rings. The molecule has 2 aliphatic heterocycles. The number of nitrogens with one attached hydrogen (secondary N) is 1. The third kappa shape index (κ3) is 5.92. The van der Waals surface area contributed by atoms with Gasteiger partial charge < -0.3 is 19.7 Å². The Bertz CT molecular complexity index is 871. The molecule has 0 radical (unpaired) electrons. The summed E-state index contributed by atoms with van der Waals surface area (Å²) in [5, 5.41) is 2.85. The van der Waals surface area contributed by atoms with Crippen LogP contribution in [-0.2, 0) is 19.1 Å². The highest BCUT2D eigenvalue weighted by molar-refractivity contribution is 5.98. The summed E-state index contributed by atoms with van der Waals surface area (Å²) in [4.78, 5) is 42.9.